The standard InChI is InChI=1S/C8H6F2O3/c9-6-2-7(10)5(8(12)13)1-4(6)3-11/h1-2,11H,3H2,(H,12,13). The van der Waals surface area contributed by atoms with E-state index < -0.39 is 29.8 Å². The van der Waals surface area contributed by atoms with Crippen LogP contribution in [0.5, 0.6) is 0 Å². The Kier molecular flexibility index (Phi) is 2.57. The fraction of sp³-hybridized carbons (Fsp3) is 0.125. The third-order valence-electron chi connectivity index (χ3n) is 1.54. The number of carboxylic acid groups (broad SMARTS) is 1. The van der Waals surface area contributed by atoms with Gasteiger partial charge in [0.25, 0.3) is 0 Å². The lowest BCUT2D eigenvalue weighted by atomic mass is 10.1. The van der Waals surface area contributed by atoms with Gasteiger partial charge < -0.3 is 10.2 Å². The molecule has 3 nitrogen and oxygen atoms in total. The molecule has 0 saturated carbocycles. The topological polar surface area (TPSA) is 57.5 Å². The largest absolute Gasteiger partial charge is 0.478 e. The molecule has 0 radical (unpaired) electrons. The minimum absolute atomic E-state index is 0.237. The number of aliphatic hydroxyl groups is 1. The molecular formula is C8H6F2O3. The van der Waals surface area contributed by atoms with E-state index in [-0.39, 0.29) is 5.56 Å². The Morgan fingerprint density at radius 1 is 1.31 bits per heavy atom. The number of hydrogen-bond donors (Lipinski definition) is 2. The number of carboxylic acids is 1. The van der Waals surface area contributed by atoms with Crippen LogP contribution in [0.15, 0.2) is 12.1 Å². The van der Waals surface area contributed by atoms with Crippen LogP contribution in [0.4, 0.5) is 8.78 Å². The van der Waals surface area contributed by atoms with Gasteiger partial charge in [-0.15, -0.1) is 0 Å². The molecule has 13 heavy (non-hydrogen) atoms. The van der Waals surface area contributed by atoms with Crippen molar-refractivity contribution in [1.82, 2.24) is 0 Å². The molecular weight excluding hydrogens is 182 g/mol. The molecule has 0 atom stereocenters. The monoisotopic (exact) mass is 188 g/mol. The second-order valence-electron chi connectivity index (χ2n) is 2.39. The maximum absolute atomic E-state index is 12.7. The maximum Gasteiger partial charge on any atom is 0.338 e. The van der Waals surface area contributed by atoms with E-state index in [4.69, 9.17) is 10.2 Å². The first kappa shape index (κ1) is 9.60. The van der Waals surface area contributed by atoms with Crippen LogP contribution in [0.1, 0.15) is 15.9 Å². The zero-order valence-electron chi connectivity index (χ0n) is 6.42. The van der Waals surface area contributed by atoms with Crippen molar-refractivity contribution in [3.63, 3.8) is 0 Å². The number of aliphatic hydroxyl groups excluding tert-OH is 1. The molecule has 0 aliphatic carbocycles. The fourth-order valence-electron chi connectivity index (χ4n) is 0.879. The van der Waals surface area contributed by atoms with Crippen LogP contribution in [0.25, 0.3) is 0 Å². The van der Waals surface area contributed by atoms with E-state index in [0.717, 1.165) is 6.07 Å². The fourth-order valence-corrected chi connectivity index (χ4v) is 0.879. The van der Waals surface area contributed by atoms with Gasteiger partial charge in [0.05, 0.1) is 12.2 Å². The van der Waals surface area contributed by atoms with E-state index in [9.17, 15) is 13.6 Å². The van der Waals surface area contributed by atoms with Crippen LogP contribution in [0, 0.1) is 11.6 Å². The third kappa shape index (κ3) is 1.81. The first-order valence-corrected chi connectivity index (χ1v) is 3.38. The zero-order valence-corrected chi connectivity index (χ0v) is 6.42. The first-order chi connectivity index (χ1) is 6.06. The Labute approximate surface area is 72.2 Å². The zero-order chi connectivity index (χ0) is 10.0. The Hall–Kier alpha value is -1.49. The highest BCUT2D eigenvalue weighted by Gasteiger charge is 2.14. The average Bonchev–Trinajstić information content (AvgIpc) is 2.03. The number of rotatable bonds is 2. The van der Waals surface area contributed by atoms with Crippen molar-refractivity contribution in [2.75, 3.05) is 0 Å². The minimum Gasteiger partial charge on any atom is -0.478 e. The van der Waals surface area contributed by atoms with Gasteiger partial charge in [-0.2, -0.15) is 0 Å². The highest BCUT2D eigenvalue weighted by molar-refractivity contribution is 5.88. The van der Waals surface area contributed by atoms with Gasteiger partial charge in [-0.25, -0.2) is 13.6 Å². The molecule has 0 unspecified atom stereocenters. The summed E-state index contributed by atoms with van der Waals surface area (Å²) in [6.45, 7) is -0.660. The molecule has 0 amide bonds. The summed E-state index contributed by atoms with van der Waals surface area (Å²) >= 11 is 0. The molecule has 0 saturated heterocycles. The summed E-state index contributed by atoms with van der Waals surface area (Å²) in [5.74, 6) is -3.60. The van der Waals surface area contributed by atoms with Crippen LogP contribution in [-0.2, 0) is 6.61 Å². The first-order valence-electron chi connectivity index (χ1n) is 3.38. The number of halogens is 2. The van der Waals surface area contributed by atoms with Crippen LogP contribution < -0.4 is 0 Å². The predicted octanol–water partition coefficient (Wildman–Crippen LogP) is 1.16. The lowest BCUT2D eigenvalue weighted by Crippen LogP contribution is -2.03. The van der Waals surface area contributed by atoms with E-state index in [2.05, 4.69) is 0 Å². The van der Waals surface area contributed by atoms with Crippen LogP contribution in [-0.4, -0.2) is 16.2 Å². The number of carbonyl (C=O) groups is 1. The summed E-state index contributed by atoms with van der Waals surface area (Å²) in [6, 6.07) is 1.21. The normalized spacial score (nSPS) is 10.1. The van der Waals surface area contributed by atoms with Crippen molar-refractivity contribution in [2.45, 2.75) is 6.61 Å². The lowest BCUT2D eigenvalue weighted by molar-refractivity contribution is 0.0691. The van der Waals surface area contributed by atoms with E-state index in [0.29, 0.717) is 6.07 Å². The highest BCUT2D eigenvalue weighted by Crippen LogP contribution is 2.14. The molecule has 70 valence electrons. The smallest absolute Gasteiger partial charge is 0.338 e. The molecule has 1 aromatic carbocycles. The Bertz CT molecular complexity index is 349. The van der Waals surface area contributed by atoms with Gasteiger partial charge in [0.2, 0.25) is 0 Å². The second kappa shape index (κ2) is 3.49. The van der Waals surface area contributed by atoms with Gasteiger partial charge in [-0.3, -0.25) is 0 Å². The minimum atomic E-state index is -1.49. The van der Waals surface area contributed by atoms with Crippen molar-refractivity contribution in [2.24, 2.45) is 0 Å². The number of aromatic carboxylic acids is 1. The van der Waals surface area contributed by atoms with Crippen molar-refractivity contribution < 1.29 is 23.8 Å². The predicted molar refractivity (Wildman–Crippen MR) is 39.2 cm³/mol. The molecule has 5 heteroatoms. The summed E-state index contributed by atoms with van der Waals surface area (Å²) in [6.07, 6.45) is 0. The maximum atomic E-state index is 12.7. The molecule has 0 aliphatic rings. The van der Waals surface area contributed by atoms with Crippen molar-refractivity contribution in [3.05, 3.63) is 34.9 Å². The van der Waals surface area contributed by atoms with Crippen LogP contribution >= 0.6 is 0 Å². The molecule has 2 N–H and O–H groups in total. The van der Waals surface area contributed by atoms with Crippen molar-refractivity contribution in [1.29, 1.82) is 0 Å². The molecule has 1 rings (SSSR count). The molecule has 1 aromatic rings. The summed E-state index contributed by atoms with van der Waals surface area (Å²) < 4.78 is 25.4. The van der Waals surface area contributed by atoms with E-state index >= 15 is 0 Å². The molecule has 0 fully saturated rings. The summed E-state index contributed by atoms with van der Waals surface area (Å²) in [4.78, 5) is 10.4. The number of hydrogen-bond acceptors (Lipinski definition) is 2. The SMILES string of the molecule is O=C(O)c1cc(CO)c(F)cc1F. The molecule has 0 spiro atoms. The van der Waals surface area contributed by atoms with Crippen LogP contribution in [0.2, 0.25) is 0 Å². The number of benzene rings is 1. The Morgan fingerprint density at radius 2 is 1.92 bits per heavy atom. The van der Waals surface area contributed by atoms with Crippen molar-refractivity contribution in [3.8, 4) is 0 Å². The Morgan fingerprint density at radius 3 is 2.38 bits per heavy atom. The van der Waals surface area contributed by atoms with E-state index in [1.807, 2.05) is 0 Å². The molecule has 0 heterocycles. The highest BCUT2D eigenvalue weighted by atomic mass is 19.1. The third-order valence-corrected chi connectivity index (χ3v) is 1.54. The van der Waals surface area contributed by atoms with Crippen molar-refractivity contribution >= 4 is 5.97 Å². The van der Waals surface area contributed by atoms with Crippen LogP contribution in [0.3, 0.4) is 0 Å². The molecule has 0 aliphatic heterocycles. The van der Waals surface area contributed by atoms with Gasteiger partial charge in [-0.05, 0) is 6.07 Å². The molecule has 0 aromatic heterocycles. The summed E-state index contributed by atoms with van der Waals surface area (Å²) in [5, 5.41) is 17.0. The quantitative estimate of drug-likeness (QED) is 0.732. The van der Waals surface area contributed by atoms with Gasteiger partial charge >= 0.3 is 5.97 Å². The second-order valence-corrected chi connectivity index (χ2v) is 2.39. The van der Waals surface area contributed by atoms with E-state index in [1.165, 1.54) is 0 Å². The molecule has 0 bridgehead atoms. The van der Waals surface area contributed by atoms with Gasteiger partial charge in [0.1, 0.15) is 11.6 Å². The van der Waals surface area contributed by atoms with Gasteiger partial charge in [0, 0.05) is 11.6 Å². The van der Waals surface area contributed by atoms with E-state index in [1.54, 1.807) is 0 Å². The average molecular weight is 188 g/mol. The van der Waals surface area contributed by atoms with Gasteiger partial charge in [0.15, 0.2) is 0 Å². The summed E-state index contributed by atoms with van der Waals surface area (Å²) in [7, 11) is 0. The summed E-state index contributed by atoms with van der Waals surface area (Å²) in [5.41, 5.74) is -0.885. The Balaban J connectivity index is 3.30. The lowest BCUT2D eigenvalue weighted by Gasteiger charge is -2.02. The van der Waals surface area contributed by atoms with Gasteiger partial charge in [-0.1, -0.05) is 0 Å².